The van der Waals surface area contributed by atoms with Crippen LogP contribution in [0.3, 0.4) is 0 Å². The van der Waals surface area contributed by atoms with E-state index in [0.717, 1.165) is 6.04 Å². The van der Waals surface area contributed by atoms with Gasteiger partial charge in [0.15, 0.2) is 0 Å². The average Bonchev–Trinajstić information content (AvgIpc) is 2.17. The van der Waals surface area contributed by atoms with Gasteiger partial charge in [-0.05, 0) is 31.2 Å². The van der Waals surface area contributed by atoms with E-state index in [4.69, 9.17) is 0 Å². The lowest BCUT2D eigenvalue weighted by Gasteiger charge is -2.38. The molecule has 0 radical (unpaired) electrons. The van der Waals surface area contributed by atoms with Crippen LogP contribution in [0.25, 0.3) is 0 Å². The van der Waals surface area contributed by atoms with Gasteiger partial charge in [-0.1, -0.05) is 47.0 Å². The Morgan fingerprint density at radius 3 is 2.13 bits per heavy atom. The van der Waals surface area contributed by atoms with Gasteiger partial charge in [0.05, 0.1) is 0 Å². The molecule has 1 aliphatic carbocycles. The van der Waals surface area contributed by atoms with Gasteiger partial charge in [-0.15, -0.1) is 0 Å². The predicted octanol–water partition coefficient (Wildman–Crippen LogP) is 4.08. The molecule has 0 bridgehead atoms. The summed E-state index contributed by atoms with van der Waals surface area (Å²) in [7, 11) is 0. The molecule has 1 saturated carbocycles. The highest BCUT2D eigenvalue weighted by atomic mass is 15.2. The van der Waals surface area contributed by atoms with Crippen LogP contribution in [0.15, 0.2) is 0 Å². The van der Waals surface area contributed by atoms with Gasteiger partial charge in [0.2, 0.25) is 0 Å². The quantitative estimate of drug-likeness (QED) is 0.677. The smallest absolute Gasteiger partial charge is 0.00954 e. The zero-order chi connectivity index (χ0) is 11.3. The second-order valence-electron chi connectivity index (χ2n) is 6.32. The topological polar surface area (TPSA) is 3.24 Å². The lowest BCUT2D eigenvalue weighted by Crippen LogP contribution is -2.42. The van der Waals surface area contributed by atoms with Gasteiger partial charge in [0.25, 0.3) is 0 Å². The first-order valence-electron chi connectivity index (χ1n) is 6.77. The Hall–Kier alpha value is -0.0400. The van der Waals surface area contributed by atoms with Crippen molar-refractivity contribution >= 4 is 0 Å². The molecule has 0 aromatic rings. The van der Waals surface area contributed by atoms with Crippen molar-refractivity contribution in [2.45, 2.75) is 72.3 Å². The fourth-order valence-corrected chi connectivity index (χ4v) is 2.73. The van der Waals surface area contributed by atoms with Gasteiger partial charge in [-0.25, -0.2) is 0 Å². The third kappa shape index (κ3) is 5.01. The lowest BCUT2D eigenvalue weighted by atomic mass is 9.90. The van der Waals surface area contributed by atoms with Crippen LogP contribution >= 0.6 is 0 Å². The van der Waals surface area contributed by atoms with E-state index in [1.807, 2.05) is 0 Å². The summed E-state index contributed by atoms with van der Waals surface area (Å²) in [5.41, 5.74) is 0.451. The summed E-state index contributed by atoms with van der Waals surface area (Å²) in [5.74, 6) is 0. The van der Waals surface area contributed by atoms with Crippen molar-refractivity contribution in [3.63, 3.8) is 0 Å². The highest BCUT2D eigenvalue weighted by Crippen LogP contribution is 2.26. The lowest BCUT2D eigenvalue weighted by molar-refractivity contribution is 0.111. The van der Waals surface area contributed by atoms with E-state index in [0.29, 0.717) is 5.41 Å². The molecule has 90 valence electrons. The maximum absolute atomic E-state index is 2.75. The first kappa shape index (κ1) is 13.0. The molecule has 1 fully saturated rings. The second-order valence-corrected chi connectivity index (χ2v) is 6.32. The highest BCUT2D eigenvalue weighted by Gasteiger charge is 2.24. The van der Waals surface area contributed by atoms with Gasteiger partial charge >= 0.3 is 0 Å². The van der Waals surface area contributed by atoms with Crippen molar-refractivity contribution in [2.75, 3.05) is 13.1 Å². The Morgan fingerprint density at radius 2 is 1.67 bits per heavy atom. The maximum atomic E-state index is 2.75. The molecule has 15 heavy (non-hydrogen) atoms. The molecule has 0 saturated heterocycles. The van der Waals surface area contributed by atoms with Crippen molar-refractivity contribution in [3.8, 4) is 0 Å². The summed E-state index contributed by atoms with van der Waals surface area (Å²) in [5, 5.41) is 0. The van der Waals surface area contributed by atoms with Crippen LogP contribution < -0.4 is 0 Å². The van der Waals surface area contributed by atoms with Crippen molar-refractivity contribution in [3.05, 3.63) is 0 Å². The molecule has 0 spiro atoms. The minimum absolute atomic E-state index is 0.451. The third-order valence-corrected chi connectivity index (χ3v) is 3.28. The van der Waals surface area contributed by atoms with Crippen LogP contribution in [-0.2, 0) is 0 Å². The molecule has 1 heteroatoms. The Morgan fingerprint density at radius 1 is 1.07 bits per heavy atom. The first-order valence-corrected chi connectivity index (χ1v) is 6.77. The van der Waals surface area contributed by atoms with E-state index < -0.39 is 0 Å². The summed E-state index contributed by atoms with van der Waals surface area (Å²) < 4.78 is 0. The van der Waals surface area contributed by atoms with Crippen LogP contribution in [0, 0.1) is 5.41 Å². The Balaban J connectivity index is 2.47. The van der Waals surface area contributed by atoms with E-state index in [1.54, 1.807) is 0 Å². The molecule has 1 rings (SSSR count). The van der Waals surface area contributed by atoms with Crippen molar-refractivity contribution in [2.24, 2.45) is 5.41 Å². The Bertz CT molecular complexity index is 163. The maximum Gasteiger partial charge on any atom is 0.00954 e. The van der Waals surface area contributed by atoms with E-state index in [-0.39, 0.29) is 0 Å². The van der Waals surface area contributed by atoms with Gasteiger partial charge in [0, 0.05) is 12.6 Å². The van der Waals surface area contributed by atoms with E-state index in [2.05, 4.69) is 32.6 Å². The second kappa shape index (κ2) is 5.89. The highest BCUT2D eigenvalue weighted by molar-refractivity contribution is 4.79. The fraction of sp³-hybridized carbons (Fsp3) is 1.00. The predicted molar refractivity (Wildman–Crippen MR) is 68.2 cm³/mol. The van der Waals surface area contributed by atoms with E-state index >= 15 is 0 Å². The van der Waals surface area contributed by atoms with Crippen LogP contribution in [0.5, 0.6) is 0 Å². The van der Waals surface area contributed by atoms with Crippen LogP contribution in [0.4, 0.5) is 0 Å². The van der Waals surface area contributed by atoms with Crippen molar-refractivity contribution in [1.82, 2.24) is 4.90 Å². The molecule has 0 N–H and O–H groups in total. The van der Waals surface area contributed by atoms with E-state index in [9.17, 15) is 0 Å². The normalized spacial score (nSPS) is 19.8. The summed E-state index contributed by atoms with van der Waals surface area (Å²) >= 11 is 0. The van der Waals surface area contributed by atoms with Gasteiger partial charge in [-0.2, -0.15) is 0 Å². The molecule has 0 aromatic carbocycles. The number of hydrogen-bond donors (Lipinski definition) is 0. The fourth-order valence-electron chi connectivity index (χ4n) is 2.73. The molecular formula is C14H29N. The molecule has 1 aliphatic rings. The molecule has 0 unspecified atom stereocenters. The molecule has 1 nitrogen and oxygen atoms in total. The Kier molecular flexibility index (Phi) is 5.11. The zero-order valence-corrected chi connectivity index (χ0v) is 11.2. The van der Waals surface area contributed by atoms with E-state index in [1.165, 1.54) is 51.6 Å². The van der Waals surface area contributed by atoms with Gasteiger partial charge in [0.1, 0.15) is 0 Å². The molecule has 0 atom stereocenters. The van der Waals surface area contributed by atoms with Crippen LogP contribution in [-0.4, -0.2) is 24.0 Å². The first-order chi connectivity index (χ1) is 7.03. The number of rotatable bonds is 4. The minimum atomic E-state index is 0.451. The van der Waals surface area contributed by atoms with Crippen LogP contribution in [0.2, 0.25) is 0 Å². The molecule has 0 heterocycles. The van der Waals surface area contributed by atoms with Gasteiger partial charge < -0.3 is 0 Å². The summed E-state index contributed by atoms with van der Waals surface area (Å²) in [4.78, 5) is 2.75. The standard InChI is InChI=1S/C14H29N/c1-5-11-15(12-14(2,3)4)13-9-7-6-8-10-13/h13H,5-12H2,1-4H3. The van der Waals surface area contributed by atoms with Crippen molar-refractivity contribution < 1.29 is 0 Å². The molecule has 0 amide bonds. The monoisotopic (exact) mass is 211 g/mol. The van der Waals surface area contributed by atoms with Crippen molar-refractivity contribution in [1.29, 1.82) is 0 Å². The number of hydrogen-bond acceptors (Lipinski definition) is 1. The Labute approximate surface area is 96.2 Å². The average molecular weight is 211 g/mol. The summed E-state index contributed by atoms with van der Waals surface area (Å²) in [6, 6.07) is 0.887. The van der Waals surface area contributed by atoms with Gasteiger partial charge in [-0.3, -0.25) is 4.90 Å². The SMILES string of the molecule is CCCN(CC(C)(C)C)C1CCCCC1. The zero-order valence-electron chi connectivity index (χ0n) is 11.2. The number of nitrogens with zero attached hydrogens (tertiary/aromatic N) is 1. The molecule has 0 aliphatic heterocycles. The summed E-state index contributed by atoms with van der Waals surface area (Å²) in [6.07, 6.45) is 8.55. The summed E-state index contributed by atoms with van der Waals surface area (Å²) in [6.45, 7) is 11.9. The minimum Gasteiger partial charge on any atom is -0.300 e. The molecular weight excluding hydrogens is 182 g/mol. The third-order valence-electron chi connectivity index (χ3n) is 3.28. The largest absolute Gasteiger partial charge is 0.300 e. The van der Waals surface area contributed by atoms with Crippen LogP contribution in [0.1, 0.15) is 66.2 Å². The molecule has 0 aromatic heterocycles.